The second-order valence-corrected chi connectivity index (χ2v) is 8.74. The summed E-state index contributed by atoms with van der Waals surface area (Å²) in [6.45, 7) is 3.34. The summed E-state index contributed by atoms with van der Waals surface area (Å²) in [5.41, 5.74) is 0.0420. The van der Waals surface area contributed by atoms with Crippen LogP contribution in [0.25, 0.3) is 0 Å². The number of urea groups is 1. The zero-order valence-electron chi connectivity index (χ0n) is 15.7. The molecule has 5 heteroatoms. The maximum absolute atomic E-state index is 12.3. The van der Waals surface area contributed by atoms with Crippen molar-refractivity contribution in [1.29, 1.82) is 0 Å². The molecule has 4 bridgehead atoms. The molecular formula is C20H35N3O2. The van der Waals surface area contributed by atoms with Crippen LogP contribution in [0.2, 0.25) is 0 Å². The molecular weight excluding hydrogens is 314 g/mol. The molecule has 0 radical (unpaired) electrons. The molecule has 0 spiro atoms. The van der Waals surface area contributed by atoms with E-state index in [1.165, 1.54) is 38.5 Å². The van der Waals surface area contributed by atoms with Gasteiger partial charge in [-0.25, -0.2) is 4.79 Å². The minimum absolute atomic E-state index is 0.0339. The number of rotatable bonds is 9. The van der Waals surface area contributed by atoms with Crippen molar-refractivity contribution in [2.24, 2.45) is 17.8 Å². The third-order valence-corrected chi connectivity index (χ3v) is 6.41. The van der Waals surface area contributed by atoms with Crippen LogP contribution < -0.4 is 16.0 Å². The van der Waals surface area contributed by atoms with Crippen molar-refractivity contribution in [2.75, 3.05) is 13.1 Å². The van der Waals surface area contributed by atoms with E-state index in [4.69, 9.17) is 0 Å². The Hall–Kier alpha value is -1.26. The normalized spacial score (nSPS) is 32.4. The molecule has 0 aliphatic heterocycles. The lowest BCUT2D eigenvalue weighted by molar-refractivity contribution is -0.120. The smallest absolute Gasteiger partial charge is 0.315 e. The average molecular weight is 350 g/mol. The number of unbranched alkanes of at least 4 members (excludes halogenated alkanes) is 3. The molecule has 0 aromatic rings. The minimum atomic E-state index is -0.0855. The Bertz CT molecular complexity index is 442. The van der Waals surface area contributed by atoms with E-state index in [1.807, 2.05) is 0 Å². The van der Waals surface area contributed by atoms with E-state index in [0.29, 0.717) is 13.0 Å². The maximum Gasteiger partial charge on any atom is 0.315 e. The Morgan fingerprint density at radius 2 is 1.52 bits per heavy atom. The molecule has 0 saturated heterocycles. The van der Waals surface area contributed by atoms with Crippen molar-refractivity contribution in [3.63, 3.8) is 0 Å². The number of carbonyl (C=O) groups is 2. The third-order valence-electron chi connectivity index (χ3n) is 6.41. The quantitative estimate of drug-likeness (QED) is 0.559. The van der Waals surface area contributed by atoms with E-state index in [1.54, 1.807) is 0 Å². The van der Waals surface area contributed by atoms with Gasteiger partial charge < -0.3 is 16.0 Å². The fourth-order valence-corrected chi connectivity index (χ4v) is 5.71. The van der Waals surface area contributed by atoms with Crippen molar-refractivity contribution in [3.05, 3.63) is 0 Å². The first-order valence-electron chi connectivity index (χ1n) is 10.4. The van der Waals surface area contributed by atoms with Gasteiger partial charge in [-0.3, -0.25) is 4.79 Å². The van der Waals surface area contributed by atoms with Crippen LogP contribution in [0.15, 0.2) is 0 Å². The van der Waals surface area contributed by atoms with Gasteiger partial charge in [0.05, 0.1) is 0 Å². The predicted octanol–water partition coefficient (Wildman–Crippen LogP) is 3.34. The molecule has 25 heavy (non-hydrogen) atoms. The maximum atomic E-state index is 12.3. The van der Waals surface area contributed by atoms with Gasteiger partial charge in [-0.05, 0) is 62.7 Å². The topological polar surface area (TPSA) is 70.2 Å². The van der Waals surface area contributed by atoms with Crippen LogP contribution in [0.4, 0.5) is 4.79 Å². The summed E-state index contributed by atoms with van der Waals surface area (Å²) in [4.78, 5) is 24.1. The van der Waals surface area contributed by atoms with E-state index in [0.717, 1.165) is 50.0 Å². The Morgan fingerprint density at radius 3 is 2.12 bits per heavy atom. The summed E-state index contributed by atoms with van der Waals surface area (Å²) >= 11 is 0. The Kier molecular flexibility index (Phi) is 6.24. The van der Waals surface area contributed by atoms with Crippen molar-refractivity contribution >= 4 is 11.9 Å². The molecule has 0 heterocycles. The van der Waals surface area contributed by atoms with Crippen molar-refractivity contribution in [1.82, 2.24) is 16.0 Å². The van der Waals surface area contributed by atoms with E-state index in [-0.39, 0.29) is 17.5 Å². The summed E-state index contributed by atoms with van der Waals surface area (Å²) in [5, 5.41) is 9.10. The van der Waals surface area contributed by atoms with Gasteiger partial charge in [-0.2, -0.15) is 0 Å². The van der Waals surface area contributed by atoms with Gasteiger partial charge in [-0.1, -0.05) is 26.2 Å². The highest BCUT2D eigenvalue weighted by Gasteiger charge is 2.51. The van der Waals surface area contributed by atoms with Gasteiger partial charge >= 0.3 is 6.03 Å². The first kappa shape index (κ1) is 18.5. The van der Waals surface area contributed by atoms with Crippen LogP contribution in [0.3, 0.4) is 0 Å². The average Bonchev–Trinajstić information content (AvgIpc) is 2.52. The SMILES string of the molecule is CCCCCCNC(=O)CCNC(=O)NC12CC3CC(CC(C3)C1)C2. The van der Waals surface area contributed by atoms with Gasteiger partial charge in [0.2, 0.25) is 5.91 Å². The monoisotopic (exact) mass is 349 g/mol. The molecule has 0 atom stereocenters. The highest BCUT2D eigenvalue weighted by atomic mass is 16.2. The van der Waals surface area contributed by atoms with E-state index < -0.39 is 0 Å². The first-order valence-corrected chi connectivity index (χ1v) is 10.4. The lowest BCUT2D eigenvalue weighted by Gasteiger charge is -2.56. The number of hydrogen-bond donors (Lipinski definition) is 3. The number of nitrogens with one attached hydrogen (secondary N) is 3. The largest absolute Gasteiger partial charge is 0.356 e. The summed E-state index contributed by atoms with van der Waals surface area (Å²) in [6.07, 6.45) is 12.6. The van der Waals surface area contributed by atoms with Crippen LogP contribution in [-0.4, -0.2) is 30.6 Å². The molecule has 0 aromatic heterocycles. The van der Waals surface area contributed by atoms with Gasteiger partial charge in [0, 0.05) is 25.0 Å². The number of hydrogen-bond acceptors (Lipinski definition) is 2. The molecule has 3 amide bonds. The van der Waals surface area contributed by atoms with Gasteiger partial charge in [-0.15, -0.1) is 0 Å². The molecule has 0 aromatic carbocycles. The molecule has 3 N–H and O–H groups in total. The highest BCUT2D eigenvalue weighted by Crippen LogP contribution is 2.55. The molecule has 4 rings (SSSR count). The summed E-state index contributed by atoms with van der Waals surface area (Å²) in [6, 6.07) is -0.0855. The summed E-state index contributed by atoms with van der Waals surface area (Å²) in [7, 11) is 0. The van der Waals surface area contributed by atoms with Gasteiger partial charge in [0.15, 0.2) is 0 Å². The van der Waals surface area contributed by atoms with Crippen LogP contribution in [0, 0.1) is 17.8 Å². The molecule has 5 nitrogen and oxygen atoms in total. The predicted molar refractivity (Wildman–Crippen MR) is 99.2 cm³/mol. The van der Waals surface area contributed by atoms with E-state index >= 15 is 0 Å². The van der Waals surface area contributed by atoms with Gasteiger partial charge in [0.25, 0.3) is 0 Å². The van der Waals surface area contributed by atoms with Crippen molar-refractivity contribution < 1.29 is 9.59 Å². The molecule has 4 fully saturated rings. The van der Waals surface area contributed by atoms with Crippen LogP contribution >= 0.6 is 0 Å². The zero-order chi connectivity index (χ0) is 17.7. The molecule has 0 unspecified atom stereocenters. The second kappa shape index (κ2) is 8.41. The molecule has 4 aliphatic rings. The van der Waals surface area contributed by atoms with Gasteiger partial charge in [0.1, 0.15) is 0 Å². The molecule has 4 saturated carbocycles. The number of carbonyl (C=O) groups excluding carboxylic acids is 2. The van der Waals surface area contributed by atoms with Crippen LogP contribution in [0.5, 0.6) is 0 Å². The fraction of sp³-hybridized carbons (Fsp3) is 0.900. The first-order chi connectivity index (χ1) is 12.1. The fourth-order valence-electron chi connectivity index (χ4n) is 5.71. The standard InChI is InChI=1S/C20H35N3O2/c1-2-3-4-5-7-21-18(24)6-8-22-19(25)23-20-12-15-9-16(13-20)11-17(10-15)14-20/h15-17H,2-14H2,1H3,(H,21,24)(H2,22,23,25). The summed E-state index contributed by atoms with van der Waals surface area (Å²) in [5.74, 6) is 2.51. The lowest BCUT2D eigenvalue weighted by Crippen LogP contribution is -2.61. The highest BCUT2D eigenvalue weighted by molar-refractivity contribution is 5.78. The van der Waals surface area contributed by atoms with E-state index in [2.05, 4.69) is 22.9 Å². The van der Waals surface area contributed by atoms with E-state index in [9.17, 15) is 9.59 Å². The molecule has 4 aliphatic carbocycles. The Morgan fingerprint density at radius 1 is 0.880 bits per heavy atom. The summed E-state index contributed by atoms with van der Waals surface area (Å²) < 4.78 is 0. The van der Waals surface area contributed by atoms with Crippen LogP contribution in [-0.2, 0) is 4.79 Å². The van der Waals surface area contributed by atoms with Crippen LogP contribution in [0.1, 0.15) is 77.6 Å². The van der Waals surface area contributed by atoms with Crippen molar-refractivity contribution in [3.8, 4) is 0 Å². The number of amides is 3. The Balaban J connectivity index is 1.30. The minimum Gasteiger partial charge on any atom is -0.356 e. The third kappa shape index (κ3) is 5.11. The lowest BCUT2D eigenvalue weighted by atomic mass is 9.53. The second-order valence-electron chi connectivity index (χ2n) is 8.74. The Labute approximate surface area is 152 Å². The van der Waals surface area contributed by atoms with Crippen molar-refractivity contribution in [2.45, 2.75) is 83.1 Å². The zero-order valence-corrected chi connectivity index (χ0v) is 15.7. The molecule has 142 valence electrons.